The number of anilines is 1. The molecule has 8 heteroatoms. The molecule has 2 heterocycles. The Morgan fingerprint density at radius 1 is 1.47 bits per heavy atom. The van der Waals surface area contributed by atoms with Gasteiger partial charge in [-0.25, -0.2) is 13.4 Å². The van der Waals surface area contributed by atoms with E-state index in [1.54, 1.807) is 18.3 Å². The molecule has 1 aliphatic heterocycles. The Balaban J connectivity index is 2.24. The summed E-state index contributed by atoms with van der Waals surface area (Å²) in [5.41, 5.74) is 0. The minimum absolute atomic E-state index is 0.0677. The molecule has 0 saturated carbocycles. The molecule has 5 nitrogen and oxygen atoms in total. The van der Waals surface area contributed by atoms with Crippen LogP contribution in [0.4, 0.5) is 5.82 Å². The third-order valence-corrected chi connectivity index (χ3v) is 4.98. The highest BCUT2D eigenvalue weighted by molar-refractivity contribution is 14.1. The Morgan fingerprint density at radius 2 is 2.18 bits per heavy atom. The highest BCUT2D eigenvalue weighted by Gasteiger charge is 2.38. The highest BCUT2D eigenvalue weighted by atomic mass is 127. The number of nitrogens with zero attached hydrogens (tertiary/aromatic N) is 2. The monoisotopic (exact) mass is 386 g/mol. The Hall–Kier alpha value is -0.410. The van der Waals surface area contributed by atoms with Crippen molar-refractivity contribution in [1.29, 1.82) is 0 Å². The van der Waals surface area contributed by atoms with Crippen molar-refractivity contribution in [3.8, 4) is 0 Å². The van der Waals surface area contributed by atoms with Crippen LogP contribution in [0.1, 0.15) is 6.42 Å². The van der Waals surface area contributed by atoms with E-state index in [4.69, 9.17) is 10.7 Å². The first-order valence-corrected chi connectivity index (χ1v) is 8.18. The number of rotatable bonds is 2. The van der Waals surface area contributed by atoms with Gasteiger partial charge in [0.2, 0.25) is 15.0 Å². The molecule has 1 amide bonds. The minimum atomic E-state index is -3.70. The van der Waals surface area contributed by atoms with Crippen molar-refractivity contribution in [3.63, 3.8) is 0 Å². The Labute approximate surface area is 117 Å². The van der Waals surface area contributed by atoms with Crippen LogP contribution >= 0.6 is 33.3 Å². The van der Waals surface area contributed by atoms with E-state index in [1.165, 1.54) is 4.90 Å². The predicted octanol–water partition coefficient (Wildman–Crippen LogP) is 1.36. The summed E-state index contributed by atoms with van der Waals surface area (Å²) in [5, 5.41) is -0.849. The van der Waals surface area contributed by atoms with E-state index in [9.17, 15) is 13.2 Å². The lowest BCUT2D eigenvalue weighted by Gasteiger charge is -2.14. The van der Waals surface area contributed by atoms with Gasteiger partial charge in [0.15, 0.2) is 0 Å². The molecule has 0 aliphatic carbocycles. The van der Waals surface area contributed by atoms with E-state index in [-0.39, 0.29) is 18.9 Å². The van der Waals surface area contributed by atoms with Crippen molar-refractivity contribution in [2.75, 3.05) is 11.4 Å². The third-order valence-electron chi connectivity index (χ3n) is 2.48. The Bertz CT molecular complexity index is 546. The molecule has 1 saturated heterocycles. The van der Waals surface area contributed by atoms with Gasteiger partial charge in [-0.1, -0.05) is 0 Å². The zero-order chi connectivity index (χ0) is 12.6. The summed E-state index contributed by atoms with van der Waals surface area (Å²) in [7, 11) is 1.55. The van der Waals surface area contributed by atoms with Crippen LogP contribution in [0, 0.1) is 3.57 Å². The van der Waals surface area contributed by atoms with Gasteiger partial charge in [-0.2, -0.15) is 0 Å². The molecule has 0 aromatic carbocycles. The van der Waals surface area contributed by atoms with Crippen LogP contribution < -0.4 is 4.90 Å². The largest absolute Gasteiger partial charge is 0.295 e. The number of pyridine rings is 1. The highest BCUT2D eigenvalue weighted by Crippen LogP contribution is 2.25. The molecule has 1 aromatic rings. The molecule has 1 aliphatic rings. The molecule has 0 N–H and O–H groups in total. The average Bonchev–Trinajstić information content (AvgIpc) is 2.61. The lowest BCUT2D eigenvalue weighted by Crippen LogP contribution is -2.27. The zero-order valence-electron chi connectivity index (χ0n) is 8.51. The molecule has 0 spiro atoms. The summed E-state index contributed by atoms with van der Waals surface area (Å²) in [6.45, 7) is 0.0677. The fraction of sp³-hybridized carbons (Fsp3) is 0.333. The number of carbonyl (C=O) groups is 1. The molecule has 0 bridgehead atoms. The lowest BCUT2D eigenvalue weighted by atomic mass is 10.4. The van der Waals surface area contributed by atoms with Crippen molar-refractivity contribution < 1.29 is 13.2 Å². The molecule has 92 valence electrons. The summed E-state index contributed by atoms with van der Waals surface area (Å²) in [6, 6.07) is 3.49. The average molecular weight is 387 g/mol. The van der Waals surface area contributed by atoms with Gasteiger partial charge < -0.3 is 0 Å². The van der Waals surface area contributed by atoms with Gasteiger partial charge in [-0.3, -0.25) is 9.69 Å². The van der Waals surface area contributed by atoms with E-state index >= 15 is 0 Å². The van der Waals surface area contributed by atoms with Crippen LogP contribution in [0.2, 0.25) is 0 Å². The van der Waals surface area contributed by atoms with Gasteiger partial charge >= 0.3 is 0 Å². The van der Waals surface area contributed by atoms with Gasteiger partial charge in [-0.15, -0.1) is 0 Å². The van der Waals surface area contributed by atoms with Gasteiger partial charge in [0, 0.05) is 33.4 Å². The first-order valence-electron chi connectivity index (χ1n) is 4.73. The molecule has 1 aromatic heterocycles. The van der Waals surface area contributed by atoms with Crippen molar-refractivity contribution in [3.05, 3.63) is 21.9 Å². The molecule has 2 rings (SSSR count). The standard InChI is InChI=1S/C9H8ClIN2O3S/c10-17(15,16)7-3-9(14)13(5-7)8-2-1-6(11)4-12-8/h1-2,4,7H,3,5H2. The SMILES string of the molecule is O=C1CC(S(=O)(=O)Cl)CN1c1ccc(I)cn1. The Kier molecular flexibility index (Phi) is 3.60. The molecular weight excluding hydrogens is 379 g/mol. The second-order valence-electron chi connectivity index (χ2n) is 3.64. The van der Waals surface area contributed by atoms with Crippen LogP contribution in [-0.4, -0.2) is 31.1 Å². The molecule has 0 radical (unpaired) electrons. The van der Waals surface area contributed by atoms with Crippen molar-refractivity contribution in [2.45, 2.75) is 11.7 Å². The maximum Gasteiger partial charge on any atom is 0.237 e. The first-order chi connectivity index (χ1) is 7.88. The van der Waals surface area contributed by atoms with Crippen LogP contribution in [0.3, 0.4) is 0 Å². The first kappa shape index (κ1) is 13.0. The fourth-order valence-electron chi connectivity index (χ4n) is 1.61. The molecule has 1 unspecified atom stereocenters. The topological polar surface area (TPSA) is 67.3 Å². The normalized spacial score (nSPS) is 20.9. The minimum Gasteiger partial charge on any atom is -0.295 e. The Morgan fingerprint density at radius 3 is 2.65 bits per heavy atom. The summed E-state index contributed by atoms with van der Waals surface area (Å²) in [4.78, 5) is 17.1. The molecule has 1 fully saturated rings. The van der Waals surface area contributed by atoms with E-state index in [2.05, 4.69) is 27.6 Å². The molecule has 1 atom stereocenters. The second kappa shape index (κ2) is 4.69. The van der Waals surface area contributed by atoms with Gasteiger partial charge in [0.05, 0.1) is 0 Å². The van der Waals surface area contributed by atoms with Crippen molar-refractivity contribution in [1.82, 2.24) is 4.98 Å². The summed E-state index contributed by atoms with van der Waals surface area (Å²) >= 11 is 2.10. The van der Waals surface area contributed by atoms with Crippen LogP contribution in [0.5, 0.6) is 0 Å². The fourth-order valence-corrected chi connectivity index (χ4v) is 2.96. The van der Waals surface area contributed by atoms with Crippen molar-refractivity contribution in [2.24, 2.45) is 0 Å². The van der Waals surface area contributed by atoms with Crippen LogP contribution in [-0.2, 0) is 13.8 Å². The second-order valence-corrected chi connectivity index (χ2v) is 7.79. The maximum atomic E-state index is 11.7. The number of aromatic nitrogens is 1. The number of carbonyl (C=O) groups excluding carboxylic acids is 1. The van der Waals surface area contributed by atoms with Gasteiger partial charge in [0.1, 0.15) is 11.1 Å². The number of hydrogen-bond acceptors (Lipinski definition) is 4. The van der Waals surface area contributed by atoms with Crippen molar-refractivity contribution >= 4 is 54.0 Å². The predicted molar refractivity (Wildman–Crippen MR) is 72.5 cm³/mol. The quantitative estimate of drug-likeness (QED) is 0.569. The van der Waals surface area contributed by atoms with Crippen LogP contribution in [0.25, 0.3) is 0 Å². The van der Waals surface area contributed by atoms with E-state index in [1.807, 2.05) is 0 Å². The summed E-state index contributed by atoms with van der Waals surface area (Å²) in [5.74, 6) is 0.186. The number of hydrogen-bond donors (Lipinski definition) is 0. The van der Waals surface area contributed by atoms with E-state index in [0.29, 0.717) is 5.82 Å². The summed E-state index contributed by atoms with van der Waals surface area (Å²) < 4.78 is 23.3. The van der Waals surface area contributed by atoms with Gasteiger partial charge in [0.25, 0.3) is 0 Å². The number of amides is 1. The lowest BCUT2D eigenvalue weighted by molar-refractivity contribution is -0.117. The number of halogens is 2. The van der Waals surface area contributed by atoms with Gasteiger partial charge in [-0.05, 0) is 34.7 Å². The zero-order valence-corrected chi connectivity index (χ0v) is 12.2. The van der Waals surface area contributed by atoms with E-state index in [0.717, 1.165) is 3.57 Å². The maximum absolute atomic E-state index is 11.7. The van der Waals surface area contributed by atoms with Crippen LogP contribution in [0.15, 0.2) is 18.3 Å². The molecule has 17 heavy (non-hydrogen) atoms. The van der Waals surface area contributed by atoms with E-state index < -0.39 is 14.3 Å². The smallest absolute Gasteiger partial charge is 0.237 e. The third kappa shape index (κ3) is 2.89. The molecular formula is C9H8ClIN2O3S. The summed E-state index contributed by atoms with van der Waals surface area (Å²) in [6.07, 6.45) is 1.53.